The summed E-state index contributed by atoms with van der Waals surface area (Å²) in [5.74, 6) is 0. The minimum absolute atomic E-state index is 0.0103. The van der Waals surface area contributed by atoms with Gasteiger partial charge in [0.2, 0.25) is 0 Å². The van der Waals surface area contributed by atoms with Crippen molar-refractivity contribution in [2.45, 2.75) is 6.61 Å². The molecule has 0 aliphatic rings. The first-order valence-electron chi connectivity index (χ1n) is 2.89. The molecule has 0 amide bonds. The quantitative estimate of drug-likeness (QED) is 0.789. The molecule has 1 aromatic carbocycles. The van der Waals surface area contributed by atoms with E-state index in [0.717, 1.165) is 14.5 Å². The van der Waals surface area contributed by atoms with Gasteiger partial charge in [-0.05, 0) is 33.6 Å². The molecule has 0 radical (unpaired) electrons. The van der Waals surface area contributed by atoms with Crippen molar-refractivity contribution < 1.29 is 5.11 Å². The zero-order chi connectivity index (χ0) is 8.43. The fourth-order valence-electron chi connectivity index (χ4n) is 0.685. The van der Waals surface area contributed by atoms with Gasteiger partial charge in [-0.15, -0.1) is 0 Å². The largest absolute Gasteiger partial charge is 0.392 e. The molecule has 0 atom stereocenters. The van der Waals surface area contributed by atoms with Crippen LogP contribution in [0.2, 0.25) is 5.02 Å². The van der Waals surface area contributed by atoms with E-state index in [0.29, 0.717) is 5.02 Å². The van der Waals surface area contributed by atoms with Crippen molar-refractivity contribution >= 4 is 43.5 Å². The molecule has 0 saturated heterocycles. The summed E-state index contributed by atoms with van der Waals surface area (Å²) >= 11 is 12.3. The molecule has 0 fully saturated rings. The molecule has 11 heavy (non-hydrogen) atoms. The molecular formula is C7H5Br2ClO. The highest BCUT2D eigenvalue weighted by molar-refractivity contribution is 9.11. The van der Waals surface area contributed by atoms with Crippen molar-refractivity contribution in [3.8, 4) is 0 Å². The predicted octanol–water partition coefficient (Wildman–Crippen LogP) is 3.36. The number of aliphatic hydroxyl groups excluding tert-OH is 1. The maximum atomic E-state index is 8.84. The van der Waals surface area contributed by atoms with Crippen LogP contribution >= 0.6 is 43.5 Å². The number of halogens is 3. The Morgan fingerprint density at radius 3 is 2.45 bits per heavy atom. The second-order valence-electron chi connectivity index (χ2n) is 2.02. The van der Waals surface area contributed by atoms with Gasteiger partial charge in [0.25, 0.3) is 0 Å². The number of hydrogen-bond donors (Lipinski definition) is 1. The third-order valence-corrected chi connectivity index (χ3v) is 3.19. The number of aliphatic hydroxyl groups is 1. The van der Waals surface area contributed by atoms with Crippen molar-refractivity contribution in [3.05, 3.63) is 31.7 Å². The van der Waals surface area contributed by atoms with Crippen LogP contribution in [-0.4, -0.2) is 5.11 Å². The molecule has 1 nitrogen and oxygen atoms in total. The molecule has 0 unspecified atom stereocenters. The highest BCUT2D eigenvalue weighted by Gasteiger charge is 2.03. The van der Waals surface area contributed by atoms with Gasteiger partial charge in [-0.2, -0.15) is 0 Å². The maximum absolute atomic E-state index is 8.84. The molecule has 0 spiro atoms. The Morgan fingerprint density at radius 1 is 1.27 bits per heavy atom. The number of rotatable bonds is 1. The van der Waals surface area contributed by atoms with Crippen molar-refractivity contribution in [3.63, 3.8) is 0 Å². The smallest absolute Gasteiger partial charge is 0.0693 e. The van der Waals surface area contributed by atoms with Crippen LogP contribution in [0.3, 0.4) is 0 Å². The van der Waals surface area contributed by atoms with E-state index in [9.17, 15) is 0 Å². The Hall–Kier alpha value is 0.430. The second kappa shape index (κ2) is 3.90. The number of hydrogen-bond acceptors (Lipinski definition) is 1. The third-order valence-electron chi connectivity index (χ3n) is 1.26. The van der Waals surface area contributed by atoms with Crippen LogP contribution in [0.25, 0.3) is 0 Å². The lowest BCUT2D eigenvalue weighted by Crippen LogP contribution is -1.85. The molecule has 60 valence electrons. The van der Waals surface area contributed by atoms with Crippen LogP contribution in [0.5, 0.6) is 0 Å². The lowest BCUT2D eigenvalue weighted by molar-refractivity contribution is 0.281. The zero-order valence-electron chi connectivity index (χ0n) is 5.44. The van der Waals surface area contributed by atoms with Gasteiger partial charge in [0.05, 0.1) is 11.6 Å². The van der Waals surface area contributed by atoms with Crippen LogP contribution in [0.4, 0.5) is 0 Å². The van der Waals surface area contributed by atoms with Crippen LogP contribution in [0, 0.1) is 0 Å². The standard InChI is InChI=1S/C7H5Br2ClO/c8-5-2-7(10)6(9)1-4(5)3-11/h1-2,11H,3H2. The lowest BCUT2D eigenvalue weighted by atomic mass is 10.2. The lowest BCUT2D eigenvalue weighted by Gasteiger charge is -2.02. The highest BCUT2D eigenvalue weighted by atomic mass is 79.9. The van der Waals surface area contributed by atoms with Gasteiger partial charge in [0.1, 0.15) is 0 Å². The van der Waals surface area contributed by atoms with Crippen LogP contribution in [0.1, 0.15) is 5.56 Å². The first-order chi connectivity index (χ1) is 5.15. The molecule has 0 aliphatic heterocycles. The van der Waals surface area contributed by atoms with Gasteiger partial charge in [0.15, 0.2) is 0 Å². The van der Waals surface area contributed by atoms with E-state index in [-0.39, 0.29) is 6.61 Å². The zero-order valence-corrected chi connectivity index (χ0v) is 9.37. The molecule has 0 bridgehead atoms. The van der Waals surface area contributed by atoms with E-state index in [1.165, 1.54) is 0 Å². The predicted molar refractivity (Wildman–Crippen MR) is 52.8 cm³/mol. The molecule has 0 heterocycles. The minimum atomic E-state index is 0.0103. The third kappa shape index (κ3) is 2.18. The highest BCUT2D eigenvalue weighted by Crippen LogP contribution is 2.29. The molecular weight excluding hydrogens is 295 g/mol. The minimum Gasteiger partial charge on any atom is -0.392 e. The molecule has 1 aromatic rings. The van der Waals surface area contributed by atoms with Gasteiger partial charge >= 0.3 is 0 Å². The summed E-state index contributed by atoms with van der Waals surface area (Å²) in [6.07, 6.45) is 0. The fourth-order valence-corrected chi connectivity index (χ4v) is 1.84. The Balaban J connectivity index is 3.21. The summed E-state index contributed by atoms with van der Waals surface area (Å²) in [7, 11) is 0. The Labute approximate surface area is 86.6 Å². The van der Waals surface area contributed by atoms with E-state index in [4.69, 9.17) is 16.7 Å². The summed E-state index contributed by atoms with van der Waals surface area (Å²) in [5.41, 5.74) is 0.821. The van der Waals surface area contributed by atoms with Crippen LogP contribution in [-0.2, 0) is 6.61 Å². The average Bonchev–Trinajstić information content (AvgIpc) is 1.97. The van der Waals surface area contributed by atoms with E-state index in [1.54, 1.807) is 12.1 Å². The second-order valence-corrected chi connectivity index (χ2v) is 4.13. The maximum Gasteiger partial charge on any atom is 0.0693 e. The van der Waals surface area contributed by atoms with E-state index in [1.807, 2.05) is 0 Å². The Kier molecular flexibility index (Phi) is 3.37. The van der Waals surface area contributed by atoms with Gasteiger partial charge < -0.3 is 5.11 Å². The van der Waals surface area contributed by atoms with E-state index in [2.05, 4.69) is 31.9 Å². The molecule has 4 heteroatoms. The molecule has 1 N–H and O–H groups in total. The van der Waals surface area contributed by atoms with Crippen molar-refractivity contribution in [2.75, 3.05) is 0 Å². The van der Waals surface area contributed by atoms with Crippen molar-refractivity contribution in [2.24, 2.45) is 0 Å². The van der Waals surface area contributed by atoms with E-state index >= 15 is 0 Å². The summed E-state index contributed by atoms with van der Waals surface area (Å²) in [5, 5.41) is 9.47. The topological polar surface area (TPSA) is 20.2 Å². The normalized spacial score (nSPS) is 10.2. The van der Waals surface area contributed by atoms with Crippen LogP contribution < -0.4 is 0 Å². The van der Waals surface area contributed by atoms with Gasteiger partial charge in [-0.25, -0.2) is 0 Å². The molecule has 0 saturated carbocycles. The first-order valence-corrected chi connectivity index (χ1v) is 4.86. The van der Waals surface area contributed by atoms with Gasteiger partial charge in [-0.3, -0.25) is 0 Å². The first kappa shape index (κ1) is 9.52. The molecule has 0 aliphatic carbocycles. The SMILES string of the molecule is OCc1cc(Br)c(Cl)cc1Br. The fraction of sp³-hybridized carbons (Fsp3) is 0.143. The summed E-state index contributed by atoms with van der Waals surface area (Å²) < 4.78 is 1.62. The van der Waals surface area contributed by atoms with Gasteiger partial charge in [-0.1, -0.05) is 27.5 Å². The summed E-state index contributed by atoms with van der Waals surface area (Å²) in [6, 6.07) is 3.53. The Bertz CT molecular complexity index is 275. The molecule has 0 aromatic heterocycles. The monoisotopic (exact) mass is 298 g/mol. The Morgan fingerprint density at radius 2 is 1.91 bits per heavy atom. The summed E-state index contributed by atoms with van der Waals surface area (Å²) in [4.78, 5) is 0. The summed E-state index contributed by atoms with van der Waals surface area (Å²) in [6.45, 7) is 0.0103. The molecule has 1 rings (SSSR count). The van der Waals surface area contributed by atoms with Crippen molar-refractivity contribution in [1.82, 2.24) is 0 Å². The van der Waals surface area contributed by atoms with E-state index < -0.39 is 0 Å². The number of benzene rings is 1. The average molecular weight is 300 g/mol. The van der Waals surface area contributed by atoms with Crippen molar-refractivity contribution in [1.29, 1.82) is 0 Å². The van der Waals surface area contributed by atoms with Gasteiger partial charge in [0, 0.05) is 8.95 Å². The van der Waals surface area contributed by atoms with Crippen LogP contribution in [0.15, 0.2) is 21.1 Å².